The predicted molar refractivity (Wildman–Crippen MR) is 160 cm³/mol. The van der Waals surface area contributed by atoms with Crippen LogP contribution in [-0.4, -0.2) is 54.7 Å². The molecule has 204 valence electrons. The number of amides is 1. The summed E-state index contributed by atoms with van der Waals surface area (Å²) in [5.41, 5.74) is 7.22. The van der Waals surface area contributed by atoms with E-state index in [0.717, 1.165) is 62.5 Å². The third-order valence-electron chi connectivity index (χ3n) is 8.41. The van der Waals surface area contributed by atoms with Crippen molar-refractivity contribution < 1.29 is 9.90 Å². The number of aliphatic hydroxyl groups excluding tert-OH is 1. The molecule has 4 heterocycles. The summed E-state index contributed by atoms with van der Waals surface area (Å²) in [6, 6.07) is 24.5. The second-order valence-corrected chi connectivity index (χ2v) is 10.7. The van der Waals surface area contributed by atoms with Gasteiger partial charge in [-0.25, -0.2) is 4.79 Å². The number of piperidine rings is 1. The first-order valence-corrected chi connectivity index (χ1v) is 13.9. The third kappa shape index (κ3) is 4.28. The van der Waals surface area contributed by atoms with Gasteiger partial charge in [0.1, 0.15) is 6.61 Å². The zero-order valence-electron chi connectivity index (χ0n) is 22.7. The molecule has 7 rings (SSSR count). The molecule has 6 aromatic rings. The van der Waals surface area contributed by atoms with Crippen LogP contribution in [0.3, 0.4) is 0 Å². The number of imidazole rings is 1. The van der Waals surface area contributed by atoms with Gasteiger partial charge in [-0.1, -0.05) is 36.4 Å². The Morgan fingerprint density at radius 1 is 0.902 bits per heavy atom. The summed E-state index contributed by atoms with van der Waals surface area (Å²) < 4.78 is 3.42. The minimum atomic E-state index is -0.440. The fourth-order valence-electron chi connectivity index (χ4n) is 6.10. The van der Waals surface area contributed by atoms with Gasteiger partial charge >= 0.3 is 5.69 Å². The van der Waals surface area contributed by atoms with Gasteiger partial charge in [0.2, 0.25) is 5.91 Å². The first-order chi connectivity index (χ1) is 20.0. The number of benzene rings is 3. The van der Waals surface area contributed by atoms with Crippen molar-refractivity contribution in [3.05, 3.63) is 101 Å². The van der Waals surface area contributed by atoms with Gasteiger partial charge in [-0.2, -0.15) is 0 Å². The van der Waals surface area contributed by atoms with Crippen LogP contribution in [-0.2, 0) is 11.8 Å². The molecule has 0 saturated carbocycles. The summed E-state index contributed by atoms with van der Waals surface area (Å²) in [4.78, 5) is 36.4. The number of aryl methyl sites for hydroxylation is 1. The van der Waals surface area contributed by atoms with Crippen molar-refractivity contribution in [1.82, 2.24) is 24.0 Å². The molecule has 0 spiro atoms. The Labute approximate surface area is 236 Å². The number of carbonyl (C=O) groups excluding carboxylic acids is 1. The highest BCUT2D eigenvalue weighted by molar-refractivity contribution is 6.04. The molecule has 0 unspecified atom stereocenters. The van der Waals surface area contributed by atoms with E-state index in [2.05, 4.69) is 40.3 Å². The van der Waals surface area contributed by atoms with Gasteiger partial charge in [0.25, 0.3) is 0 Å². The number of rotatable bonds is 4. The number of hydrogen-bond donors (Lipinski definition) is 1. The zero-order chi connectivity index (χ0) is 28.1. The average Bonchev–Trinajstić information content (AvgIpc) is 3.29. The smallest absolute Gasteiger partial charge is 0.333 e. The molecule has 1 amide bonds. The van der Waals surface area contributed by atoms with E-state index in [9.17, 15) is 9.59 Å². The molecule has 0 atom stereocenters. The van der Waals surface area contributed by atoms with Crippen LogP contribution < -0.4 is 5.69 Å². The summed E-state index contributed by atoms with van der Waals surface area (Å²) in [7, 11) is 1.78. The number of fused-ring (bicyclic) bond motifs is 4. The molecule has 3 aromatic carbocycles. The van der Waals surface area contributed by atoms with E-state index in [-0.39, 0.29) is 11.6 Å². The summed E-state index contributed by atoms with van der Waals surface area (Å²) >= 11 is 0. The first kappa shape index (κ1) is 25.2. The molecule has 1 saturated heterocycles. The van der Waals surface area contributed by atoms with E-state index in [0.29, 0.717) is 19.0 Å². The fourth-order valence-corrected chi connectivity index (χ4v) is 6.10. The van der Waals surface area contributed by atoms with Crippen LogP contribution in [0.1, 0.15) is 24.3 Å². The van der Waals surface area contributed by atoms with Gasteiger partial charge in [-0.15, -0.1) is 0 Å². The molecule has 1 aliphatic heterocycles. The highest BCUT2D eigenvalue weighted by Crippen LogP contribution is 2.32. The van der Waals surface area contributed by atoms with Crippen LogP contribution in [0.2, 0.25) is 0 Å². The molecule has 1 N–H and O–H groups in total. The molecular weight excluding hydrogens is 514 g/mol. The maximum Gasteiger partial charge on any atom is 0.333 e. The van der Waals surface area contributed by atoms with E-state index in [4.69, 9.17) is 5.11 Å². The highest BCUT2D eigenvalue weighted by atomic mass is 16.3. The number of carbonyl (C=O) groups is 1. The molecule has 0 bridgehead atoms. The monoisotopic (exact) mass is 543 g/mol. The van der Waals surface area contributed by atoms with E-state index in [1.165, 1.54) is 5.56 Å². The Bertz CT molecular complexity index is 2000. The Kier molecular flexibility index (Phi) is 6.12. The van der Waals surface area contributed by atoms with Gasteiger partial charge in [-0.05, 0) is 66.3 Å². The summed E-state index contributed by atoms with van der Waals surface area (Å²) in [5.74, 6) is 0.120. The maximum absolute atomic E-state index is 13.6. The van der Waals surface area contributed by atoms with Crippen molar-refractivity contribution in [1.29, 1.82) is 0 Å². The Hall–Kier alpha value is -4.82. The fraction of sp³-hybridized carbons (Fsp3) is 0.212. The minimum absolute atomic E-state index is 0.129. The lowest BCUT2D eigenvalue weighted by atomic mass is 9.89. The Balaban J connectivity index is 1.30. The number of likely N-dealkylation sites (tertiary alicyclic amines) is 1. The summed E-state index contributed by atoms with van der Waals surface area (Å²) in [6.45, 7) is 0.843. The van der Waals surface area contributed by atoms with Crippen molar-refractivity contribution in [3.63, 3.8) is 0 Å². The van der Waals surface area contributed by atoms with Crippen molar-refractivity contribution in [3.8, 4) is 16.8 Å². The van der Waals surface area contributed by atoms with Crippen molar-refractivity contribution >= 4 is 38.7 Å². The molecule has 8 heteroatoms. The van der Waals surface area contributed by atoms with E-state index < -0.39 is 6.61 Å². The number of nitrogens with zero attached hydrogens (tertiary/aromatic N) is 5. The van der Waals surface area contributed by atoms with Crippen LogP contribution in [0.5, 0.6) is 0 Å². The van der Waals surface area contributed by atoms with Gasteiger partial charge in [-0.3, -0.25) is 23.9 Å². The second kappa shape index (κ2) is 9.98. The molecule has 1 aliphatic rings. The largest absolute Gasteiger partial charge is 0.387 e. The second-order valence-electron chi connectivity index (χ2n) is 10.7. The van der Waals surface area contributed by atoms with Crippen molar-refractivity contribution in [2.24, 2.45) is 7.05 Å². The molecule has 1 fully saturated rings. The summed E-state index contributed by atoms with van der Waals surface area (Å²) in [5, 5.41) is 11.1. The van der Waals surface area contributed by atoms with Gasteiger partial charge in [0.05, 0.1) is 34.0 Å². The number of aliphatic hydroxyl groups is 1. The molecule has 3 aromatic heterocycles. The maximum atomic E-state index is 13.6. The quantitative estimate of drug-likeness (QED) is 0.345. The average molecular weight is 544 g/mol. The highest BCUT2D eigenvalue weighted by Gasteiger charge is 2.24. The zero-order valence-corrected chi connectivity index (χ0v) is 22.7. The lowest BCUT2D eigenvalue weighted by Crippen LogP contribution is -2.39. The normalized spacial score (nSPS) is 14.3. The van der Waals surface area contributed by atoms with E-state index >= 15 is 0 Å². The minimum Gasteiger partial charge on any atom is -0.387 e. The molecule has 0 radical (unpaired) electrons. The lowest BCUT2D eigenvalue weighted by Gasteiger charge is -2.32. The summed E-state index contributed by atoms with van der Waals surface area (Å²) in [6.07, 6.45) is 5.35. The van der Waals surface area contributed by atoms with E-state index in [1.54, 1.807) is 27.3 Å². The standard InChI is InChI=1S/C33H29N5O3/c1-36-30-19-35-29-11-8-23(25-16-24-4-2-3-5-28(24)34-18-25)17-27(29)32(30)38(33(36)41)26-9-6-21(7-10-26)22-12-14-37(15-13-22)31(40)20-39/h2-11,16-19,22,39H,12-15,20H2,1H3. The number of pyridine rings is 2. The van der Waals surface area contributed by atoms with Crippen molar-refractivity contribution in [2.45, 2.75) is 18.8 Å². The van der Waals surface area contributed by atoms with Gasteiger partial charge in [0.15, 0.2) is 0 Å². The molecule has 0 aliphatic carbocycles. The van der Waals surface area contributed by atoms with Crippen molar-refractivity contribution in [2.75, 3.05) is 19.7 Å². The van der Waals surface area contributed by atoms with Crippen LogP contribution in [0, 0.1) is 0 Å². The van der Waals surface area contributed by atoms with Crippen LogP contribution in [0.15, 0.2) is 90.0 Å². The van der Waals surface area contributed by atoms with Gasteiger partial charge in [0, 0.05) is 42.7 Å². The van der Waals surface area contributed by atoms with Gasteiger partial charge < -0.3 is 10.0 Å². The number of para-hydroxylation sites is 1. The molecule has 8 nitrogen and oxygen atoms in total. The van der Waals surface area contributed by atoms with Crippen LogP contribution in [0.25, 0.3) is 49.7 Å². The number of hydrogen-bond acceptors (Lipinski definition) is 5. The topological polar surface area (TPSA) is 93.2 Å². The Morgan fingerprint density at radius 2 is 1.66 bits per heavy atom. The SMILES string of the molecule is Cn1c(=O)n(-c2ccc(C3CCN(C(=O)CO)CC3)cc2)c2c3cc(-c4cnc5ccccc5c4)ccc3ncc21. The predicted octanol–water partition coefficient (Wildman–Crippen LogP) is 4.79. The van der Waals surface area contributed by atoms with Crippen LogP contribution in [0.4, 0.5) is 0 Å². The lowest BCUT2D eigenvalue weighted by molar-refractivity contribution is -0.135. The third-order valence-corrected chi connectivity index (χ3v) is 8.41. The first-order valence-electron chi connectivity index (χ1n) is 13.9. The molecule has 41 heavy (non-hydrogen) atoms. The van der Waals surface area contributed by atoms with Crippen LogP contribution >= 0.6 is 0 Å². The molecular formula is C33H29N5O3. The Morgan fingerprint density at radius 3 is 2.44 bits per heavy atom. The van der Waals surface area contributed by atoms with E-state index in [1.807, 2.05) is 48.7 Å². The number of aromatic nitrogens is 4.